The van der Waals surface area contributed by atoms with Crippen molar-refractivity contribution in [1.29, 1.82) is 0 Å². The zero-order valence-electron chi connectivity index (χ0n) is 14.0. The molecule has 126 valence electrons. The monoisotopic (exact) mass is 322 g/mol. The summed E-state index contributed by atoms with van der Waals surface area (Å²) in [5.74, 6) is -2.88. The van der Waals surface area contributed by atoms with E-state index in [-0.39, 0.29) is 23.3 Å². The number of hydrogen-bond acceptors (Lipinski definition) is 6. The van der Waals surface area contributed by atoms with E-state index in [9.17, 15) is 14.7 Å². The number of rotatable bonds is 4. The summed E-state index contributed by atoms with van der Waals surface area (Å²) in [5.41, 5.74) is 1.15. The highest BCUT2D eigenvalue weighted by Crippen LogP contribution is 2.47. The number of ether oxygens (including phenoxy) is 3. The molecule has 0 amide bonds. The van der Waals surface area contributed by atoms with E-state index >= 15 is 0 Å². The van der Waals surface area contributed by atoms with Crippen LogP contribution in [0.2, 0.25) is 0 Å². The zero-order chi connectivity index (χ0) is 17.4. The Hall–Kier alpha value is -2.24. The van der Waals surface area contributed by atoms with E-state index in [0.29, 0.717) is 11.1 Å². The van der Waals surface area contributed by atoms with E-state index in [1.807, 2.05) is 13.8 Å². The summed E-state index contributed by atoms with van der Waals surface area (Å²) in [6.45, 7) is 7.44. The fourth-order valence-corrected chi connectivity index (χ4v) is 2.89. The van der Waals surface area contributed by atoms with Crippen molar-refractivity contribution < 1.29 is 28.9 Å². The van der Waals surface area contributed by atoms with Gasteiger partial charge in [0.2, 0.25) is 0 Å². The molecule has 1 saturated heterocycles. The first-order valence-corrected chi connectivity index (χ1v) is 7.57. The third-order valence-corrected chi connectivity index (χ3v) is 3.91. The van der Waals surface area contributed by atoms with Crippen molar-refractivity contribution in [3.05, 3.63) is 23.3 Å². The Labute approximate surface area is 135 Å². The van der Waals surface area contributed by atoms with Gasteiger partial charge in [-0.05, 0) is 18.1 Å². The van der Waals surface area contributed by atoms with Crippen LogP contribution in [0.4, 0.5) is 0 Å². The Morgan fingerprint density at radius 1 is 1.13 bits per heavy atom. The maximum Gasteiger partial charge on any atom is 0.320 e. The van der Waals surface area contributed by atoms with E-state index in [1.54, 1.807) is 19.9 Å². The maximum absolute atomic E-state index is 11.9. The number of carbonyl (C=O) groups excluding carboxylic acids is 2. The van der Waals surface area contributed by atoms with Gasteiger partial charge in [0.15, 0.2) is 11.5 Å². The van der Waals surface area contributed by atoms with Crippen molar-refractivity contribution in [3.8, 4) is 11.5 Å². The number of phenolic OH excluding ortho intramolecular Hbond substituents is 1. The minimum atomic E-state index is -1.52. The summed E-state index contributed by atoms with van der Waals surface area (Å²) in [7, 11) is 1.45. The summed E-state index contributed by atoms with van der Waals surface area (Å²) >= 11 is 0. The molecule has 1 aliphatic heterocycles. The molecule has 1 aliphatic rings. The molecule has 0 radical (unpaired) electrons. The minimum absolute atomic E-state index is 0.0210. The highest BCUT2D eigenvalue weighted by molar-refractivity contribution is 5.93. The van der Waals surface area contributed by atoms with Gasteiger partial charge in [0.25, 0.3) is 5.79 Å². The van der Waals surface area contributed by atoms with Crippen LogP contribution < -0.4 is 4.74 Å². The summed E-state index contributed by atoms with van der Waals surface area (Å²) in [4.78, 5) is 23.7. The van der Waals surface area contributed by atoms with Gasteiger partial charge >= 0.3 is 11.9 Å². The molecule has 2 rings (SSSR count). The number of phenols is 1. The molecule has 0 atom stereocenters. The largest absolute Gasteiger partial charge is 0.504 e. The van der Waals surface area contributed by atoms with Gasteiger partial charge in [-0.25, -0.2) is 0 Å². The van der Waals surface area contributed by atoms with E-state index in [0.717, 1.165) is 0 Å². The number of cyclic esters (lactones) is 2. The number of esters is 2. The SMILES string of the molecule is COc1c(O)ccc(C2(C(C)C)OC(=O)CC(=O)O2)c1C(C)C. The highest BCUT2D eigenvalue weighted by atomic mass is 16.7. The van der Waals surface area contributed by atoms with Gasteiger partial charge in [0, 0.05) is 17.0 Å². The maximum atomic E-state index is 11.9. The average molecular weight is 322 g/mol. The van der Waals surface area contributed by atoms with Crippen molar-refractivity contribution in [3.63, 3.8) is 0 Å². The Bertz CT molecular complexity index is 616. The summed E-state index contributed by atoms with van der Waals surface area (Å²) in [6.07, 6.45) is -0.402. The molecular weight excluding hydrogens is 300 g/mol. The molecule has 1 aromatic carbocycles. The molecule has 0 saturated carbocycles. The average Bonchev–Trinajstić information content (AvgIpc) is 2.45. The molecule has 6 nitrogen and oxygen atoms in total. The molecule has 0 unspecified atom stereocenters. The van der Waals surface area contributed by atoms with Crippen molar-refractivity contribution in [2.75, 3.05) is 7.11 Å². The van der Waals surface area contributed by atoms with E-state index in [2.05, 4.69) is 0 Å². The van der Waals surface area contributed by atoms with Crippen LogP contribution in [-0.4, -0.2) is 24.2 Å². The number of aromatic hydroxyl groups is 1. The van der Waals surface area contributed by atoms with Gasteiger partial charge in [-0.3, -0.25) is 9.59 Å². The molecule has 0 aliphatic carbocycles. The molecular formula is C17H22O6. The quantitative estimate of drug-likeness (QED) is 0.678. The standard InChI is InChI=1S/C17H22O6/c1-9(2)15-11(6-7-12(18)16(15)21-5)17(10(3)4)22-13(19)8-14(20)23-17/h6-7,9-10,18H,8H2,1-5H3. The summed E-state index contributed by atoms with van der Waals surface area (Å²) in [6, 6.07) is 3.06. The molecule has 1 fully saturated rings. The second-order valence-electron chi connectivity index (χ2n) is 6.18. The second-order valence-corrected chi connectivity index (χ2v) is 6.18. The first-order chi connectivity index (χ1) is 10.7. The van der Waals surface area contributed by atoms with Crippen molar-refractivity contribution in [1.82, 2.24) is 0 Å². The van der Waals surface area contributed by atoms with Gasteiger partial charge in [-0.15, -0.1) is 0 Å². The Morgan fingerprint density at radius 2 is 1.70 bits per heavy atom. The Kier molecular flexibility index (Phi) is 4.54. The molecule has 6 heteroatoms. The van der Waals surface area contributed by atoms with Crippen LogP contribution in [0.25, 0.3) is 0 Å². The zero-order valence-corrected chi connectivity index (χ0v) is 14.0. The summed E-state index contributed by atoms with van der Waals surface area (Å²) in [5, 5.41) is 10.0. The molecule has 0 spiro atoms. The van der Waals surface area contributed by atoms with E-state index < -0.39 is 24.1 Å². The van der Waals surface area contributed by atoms with Crippen LogP contribution in [0.3, 0.4) is 0 Å². The highest BCUT2D eigenvalue weighted by Gasteiger charge is 2.50. The van der Waals surface area contributed by atoms with Gasteiger partial charge in [-0.1, -0.05) is 27.7 Å². The topological polar surface area (TPSA) is 82.1 Å². The van der Waals surface area contributed by atoms with Gasteiger partial charge in [0.05, 0.1) is 7.11 Å². The van der Waals surface area contributed by atoms with Crippen LogP contribution in [0, 0.1) is 5.92 Å². The van der Waals surface area contributed by atoms with Crippen LogP contribution in [0.15, 0.2) is 12.1 Å². The van der Waals surface area contributed by atoms with Gasteiger partial charge in [-0.2, -0.15) is 0 Å². The predicted molar refractivity (Wildman–Crippen MR) is 82.1 cm³/mol. The molecule has 1 aromatic rings. The Morgan fingerprint density at radius 3 is 2.13 bits per heavy atom. The van der Waals surface area contributed by atoms with Crippen LogP contribution in [-0.2, 0) is 24.8 Å². The molecule has 0 bridgehead atoms. The molecule has 1 N–H and O–H groups in total. The van der Waals surface area contributed by atoms with Crippen LogP contribution in [0.1, 0.15) is 51.2 Å². The molecule has 23 heavy (non-hydrogen) atoms. The Balaban J connectivity index is 2.74. The van der Waals surface area contributed by atoms with Crippen LogP contribution in [0.5, 0.6) is 11.5 Å². The van der Waals surface area contributed by atoms with Gasteiger partial charge < -0.3 is 19.3 Å². The van der Waals surface area contributed by atoms with E-state index in [4.69, 9.17) is 14.2 Å². The van der Waals surface area contributed by atoms with Crippen molar-refractivity contribution in [2.45, 2.75) is 45.8 Å². The smallest absolute Gasteiger partial charge is 0.320 e. The third kappa shape index (κ3) is 2.85. The third-order valence-electron chi connectivity index (χ3n) is 3.91. The number of carbonyl (C=O) groups is 2. The van der Waals surface area contributed by atoms with Gasteiger partial charge in [0.1, 0.15) is 6.42 Å². The van der Waals surface area contributed by atoms with Crippen molar-refractivity contribution in [2.24, 2.45) is 5.92 Å². The lowest BCUT2D eigenvalue weighted by atomic mass is 9.85. The summed E-state index contributed by atoms with van der Waals surface area (Å²) < 4.78 is 16.3. The van der Waals surface area contributed by atoms with Crippen LogP contribution >= 0.6 is 0 Å². The lowest BCUT2D eigenvalue weighted by Crippen LogP contribution is -2.47. The normalized spacial score (nSPS) is 17.2. The molecule has 0 aromatic heterocycles. The number of benzene rings is 1. The lowest BCUT2D eigenvalue weighted by Gasteiger charge is -2.40. The fourth-order valence-electron chi connectivity index (χ4n) is 2.89. The van der Waals surface area contributed by atoms with Crippen molar-refractivity contribution >= 4 is 11.9 Å². The number of methoxy groups -OCH3 is 1. The number of hydrogen-bond donors (Lipinski definition) is 1. The first-order valence-electron chi connectivity index (χ1n) is 7.57. The first kappa shape index (κ1) is 17.1. The predicted octanol–water partition coefficient (Wildman–Crippen LogP) is 2.82. The molecule has 1 heterocycles. The lowest BCUT2D eigenvalue weighted by molar-refractivity contribution is -0.266. The fraction of sp³-hybridized carbons (Fsp3) is 0.529. The van der Waals surface area contributed by atoms with E-state index in [1.165, 1.54) is 13.2 Å². The second kappa shape index (κ2) is 6.10. The minimum Gasteiger partial charge on any atom is -0.504 e.